The Labute approximate surface area is 177 Å². The van der Waals surface area contributed by atoms with E-state index in [9.17, 15) is 9.59 Å². The Morgan fingerprint density at radius 3 is 2.28 bits per heavy atom. The van der Waals surface area contributed by atoms with Crippen LogP contribution in [-0.4, -0.2) is 40.9 Å². The number of unbranched alkanes of at least 4 members (excludes halogenated alkanes) is 1. The molecule has 0 saturated heterocycles. The molecule has 29 heavy (non-hydrogen) atoms. The van der Waals surface area contributed by atoms with Crippen molar-refractivity contribution in [2.45, 2.75) is 71.5 Å². The third-order valence-corrected chi connectivity index (χ3v) is 10.4. The van der Waals surface area contributed by atoms with Gasteiger partial charge in [0.05, 0.1) is 14.2 Å². The van der Waals surface area contributed by atoms with Crippen LogP contribution >= 0.6 is 0 Å². The van der Waals surface area contributed by atoms with Crippen LogP contribution in [0.1, 0.15) is 51.7 Å². The Balaban J connectivity index is 2.66. The zero-order valence-corrected chi connectivity index (χ0v) is 20.4. The SMILES string of the molecule is COC(=O)C(Cc1ccc(CCCCO[Si](C)(C)C(C)(C)C)cc1OC)C(C)=O. The number of carbonyl (C=O) groups is 2. The van der Waals surface area contributed by atoms with Crippen molar-refractivity contribution in [3.8, 4) is 5.75 Å². The first-order chi connectivity index (χ1) is 13.4. The van der Waals surface area contributed by atoms with Gasteiger partial charge in [-0.15, -0.1) is 0 Å². The standard InChI is InChI=1S/C23H38O5Si/c1-17(24)20(22(25)27-6)16-19-13-12-18(15-21(19)26-5)11-9-10-14-28-29(7,8)23(2,3)4/h12-13,15,20H,9-11,14,16H2,1-8H3. The molecule has 0 spiro atoms. The smallest absolute Gasteiger partial charge is 0.316 e. The molecule has 0 aliphatic carbocycles. The van der Waals surface area contributed by atoms with Crippen molar-refractivity contribution in [1.82, 2.24) is 0 Å². The molecule has 0 aliphatic heterocycles. The van der Waals surface area contributed by atoms with Gasteiger partial charge in [0.25, 0.3) is 0 Å². The minimum atomic E-state index is -1.68. The summed E-state index contributed by atoms with van der Waals surface area (Å²) in [6.07, 6.45) is 3.27. The highest BCUT2D eigenvalue weighted by Crippen LogP contribution is 2.36. The highest BCUT2D eigenvalue weighted by atomic mass is 28.4. The minimum Gasteiger partial charge on any atom is -0.496 e. The zero-order chi connectivity index (χ0) is 22.2. The van der Waals surface area contributed by atoms with Crippen LogP contribution in [0, 0.1) is 5.92 Å². The number of carbonyl (C=O) groups excluding carboxylic acids is 2. The van der Waals surface area contributed by atoms with Gasteiger partial charge >= 0.3 is 5.97 Å². The maximum Gasteiger partial charge on any atom is 0.316 e. The summed E-state index contributed by atoms with van der Waals surface area (Å²) in [6.45, 7) is 13.5. The van der Waals surface area contributed by atoms with E-state index in [1.165, 1.54) is 19.6 Å². The van der Waals surface area contributed by atoms with Crippen LogP contribution in [0.5, 0.6) is 5.75 Å². The van der Waals surface area contributed by atoms with E-state index in [-0.39, 0.29) is 17.2 Å². The number of ketones is 1. The fourth-order valence-corrected chi connectivity index (χ4v) is 3.93. The topological polar surface area (TPSA) is 61.8 Å². The molecule has 1 aromatic rings. The van der Waals surface area contributed by atoms with E-state index in [0.717, 1.165) is 31.4 Å². The highest BCUT2D eigenvalue weighted by molar-refractivity contribution is 6.74. The first-order valence-electron chi connectivity index (χ1n) is 10.3. The average Bonchev–Trinajstić information content (AvgIpc) is 2.64. The third-order valence-electron chi connectivity index (χ3n) is 5.88. The number of esters is 1. The van der Waals surface area contributed by atoms with E-state index < -0.39 is 20.2 Å². The van der Waals surface area contributed by atoms with Crippen molar-refractivity contribution in [2.75, 3.05) is 20.8 Å². The predicted octanol–water partition coefficient (Wildman–Crippen LogP) is 4.96. The summed E-state index contributed by atoms with van der Waals surface area (Å²) in [5.74, 6) is -0.808. The molecule has 1 aromatic carbocycles. The molecule has 1 rings (SSSR count). The van der Waals surface area contributed by atoms with Crippen molar-refractivity contribution >= 4 is 20.1 Å². The van der Waals surface area contributed by atoms with Crippen LogP contribution < -0.4 is 4.74 Å². The van der Waals surface area contributed by atoms with Crippen LogP contribution in [0.3, 0.4) is 0 Å². The molecule has 0 radical (unpaired) electrons. The van der Waals surface area contributed by atoms with E-state index in [1.54, 1.807) is 7.11 Å². The summed E-state index contributed by atoms with van der Waals surface area (Å²) in [4.78, 5) is 23.7. The van der Waals surface area contributed by atoms with E-state index in [0.29, 0.717) is 5.75 Å². The van der Waals surface area contributed by atoms with Crippen LogP contribution in [0.25, 0.3) is 0 Å². The van der Waals surface area contributed by atoms with E-state index >= 15 is 0 Å². The first kappa shape index (κ1) is 25.4. The molecular formula is C23H38O5Si. The largest absolute Gasteiger partial charge is 0.496 e. The summed E-state index contributed by atoms with van der Waals surface area (Å²) >= 11 is 0. The minimum absolute atomic E-state index is 0.204. The van der Waals surface area contributed by atoms with Gasteiger partial charge in [0.1, 0.15) is 17.5 Å². The molecule has 6 heteroatoms. The van der Waals surface area contributed by atoms with Crippen molar-refractivity contribution < 1.29 is 23.5 Å². The second-order valence-corrected chi connectivity index (χ2v) is 13.9. The van der Waals surface area contributed by atoms with Gasteiger partial charge < -0.3 is 13.9 Å². The predicted molar refractivity (Wildman–Crippen MR) is 119 cm³/mol. The molecule has 164 valence electrons. The number of hydrogen-bond donors (Lipinski definition) is 0. The van der Waals surface area contributed by atoms with Crippen molar-refractivity contribution in [3.05, 3.63) is 29.3 Å². The van der Waals surface area contributed by atoms with Gasteiger partial charge in [-0.3, -0.25) is 9.59 Å². The molecule has 0 bridgehead atoms. The molecule has 5 nitrogen and oxygen atoms in total. The highest BCUT2D eigenvalue weighted by Gasteiger charge is 2.36. The summed E-state index contributed by atoms with van der Waals surface area (Å²) in [7, 11) is 1.23. The molecule has 0 saturated carbocycles. The lowest BCUT2D eigenvalue weighted by Gasteiger charge is -2.36. The quantitative estimate of drug-likeness (QED) is 0.218. The molecule has 1 unspecified atom stereocenters. The second kappa shape index (κ2) is 10.9. The average molecular weight is 423 g/mol. The Bertz CT molecular complexity index is 691. The summed E-state index contributed by atoms with van der Waals surface area (Å²) < 4.78 is 16.5. The Morgan fingerprint density at radius 2 is 1.76 bits per heavy atom. The Morgan fingerprint density at radius 1 is 1.10 bits per heavy atom. The monoisotopic (exact) mass is 422 g/mol. The fourth-order valence-electron chi connectivity index (χ4n) is 2.84. The lowest BCUT2D eigenvalue weighted by atomic mass is 9.94. The Hall–Kier alpha value is -1.66. The molecular weight excluding hydrogens is 384 g/mol. The van der Waals surface area contributed by atoms with Crippen LogP contribution in [0.4, 0.5) is 0 Å². The zero-order valence-electron chi connectivity index (χ0n) is 19.4. The number of ether oxygens (including phenoxy) is 2. The fraction of sp³-hybridized carbons (Fsp3) is 0.652. The summed E-state index contributed by atoms with van der Waals surface area (Å²) in [6, 6.07) is 5.98. The second-order valence-electron chi connectivity index (χ2n) is 9.10. The first-order valence-corrected chi connectivity index (χ1v) is 13.2. The van der Waals surface area contributed by atoms with Crippen molar-refractivity contribution in [2.24, 2.45) is 5.92 Å². The van der Waals surface area contributed by atoms with E-state index in [2.05, 4.69) is 33.9 Å². The van der Waals surface area contributed by atoms with Crippen LogP contribution in [0.15, 0.2) is 18.2 Å². The van der Waals surface area contributed by atoms with Gasteiger partial charge in [-0.25, -0.2) is 0 Å². The van der Waals surface area contributed by atoms with Gasteiger partial charge in [-0.1, -0.05) is 32.9 Å². The van der Waals surface area contributed by atoms with Crippen molar-refractivity contribution in [3.63, 3.8) is 0 Å². The maximum atomic E-state index is 11.9. The number of benzene rings is 1. The number of rotatable bonds is 11. The molecule has 0 aliphatic rings. The number of methoxy groups -OCH3 is 2. The lowest BCUT2D eigenvalue weighted by Crippen LogP contribution is -2.40. The van der Waals surface area contributed by atoms with Gasteiger partial charge in [0.2, 0.25) is 0 Å². The third kappa shape index (κ3) is 7.59. The molecule has 0 heterocycles. The van der Waals surface area contributed by atoms with Crippen LogP contribution in [-0.2, 0) is 31.6 Å². The Kier molecular flexibility index (Phi) is 9.56. The summed E-state index contributed by atoms with van der Waals surface area (Å²) in [5.41, 5.74) is 2.01. The molecule has 0 amide bonds. The number of hydrogen-bond acceptors (Lipinski definition) is 5. The molecule has 0 aromatic heterocycles. The number of Topliss-reactive ketones (excluding diaryl/α,β-unsaturated/α-hetero) is 1. The number of aryl methyl sites for hydroxylation is 1. The normalized spacial score (nSPS) is 13.1. The summed E-state index contributed by atoms with van der Waals surface area (Å²) in [5, 5.41) is 0.234. The van der Waals surface area contributed by atoms with Crippen LogP contribution in [0.2, 0.25) is 18.1 Å². The van der Waals surface area contributed by atoms with Gasteiger partial charge in [-0.2, -0.15) is 0 Å². The van der Waals surface area contributed by atoms with Gasteiger partial charge in [0.15, 0.2) is 8.32 Å². The molecule has 1 atom stereocenters. The van der Waals surface area contributed by atoms with E-state index in [1.807, 2.05) is 18.2 Å². The maximum absolute atomic E-state index is 11.9. The van der Waals surface area contributed by atoms with Crippen molar-refractivity contribution in [1.29, 1.82) is 0 Å². The molecule has 0 fully saturated rings. The van der Waals surface area contributed by atoms with Gasteiger partial charge in [0, 0.05) is 6.61 Å². The van der Waals surface area contributed by atoms with E-state index in [4.69, 9.17) is 13.9 Å². The lowest BCUT2D eigenvalue weighted by molar-refractivity contribution is -0.148. The molecule has 0 N–H and O–H groups in total. The van der Waals surface area contributed by atoms with Gasteiger partial charge in [-0.05, 0) is 67.9 Å².